The number of halogens is 1. The van der Waals surface area contributed by atoms with Crippen LogP contribution in [0.1, 0.15) is 11.1 Å². The molecule has 2 rings (SSSR count). The Morgan fingerprint density at radius 2 is 2.23 bits per heavy atom. The van der Waals surface area contributed by atoms with Gasteiger partial charge in [-0.05, 0) is 12.1 Å². The number of nitrogens with zero attached hydrogens (tertiary/aromatic N) is 1. The molecule has 68 valence electrons. The maximum absolute atomic E-state index is 9.53. The molecule has 1 atom stereocenters. The summed E-state index contributed by atoms with van der Waals surface area (Å²) >= 11 is 4.76. The molecule has 1 aromatic heterocycles. The molecule has 0 aliphatic rings. The second-order valence-electron chi connectivity index (χ2n) is 2.69. The Kier molecular flexibility index (Phi) is 2.62. The lowest BCUT2D eigenvalue weighted by atomic mass is 10.3. The number of benzene rings is 1. The number of fused-ring (bicyclic) bond motifs is 1. The van der Waals surface area contributed by atoms with Crippen molar-refractivity contribution in [3.63, 3.8) is 0 Å². The minimum absolute atomic E-state index is 0.489. The molecule has 0 radical (unpaired) electrons. The van der Waals surface area contributed by atoms with E-state index >= 15 is 0 Å². The summed E-state index contributed by atoms with van der Waals surface area (Å²) in [6.07, 6.45) is -0.489. The van der Waals surface area contributed by atoms with Gasteiger partial charge in [-0.2, -0.15) is 0 Å². The summed E-state index contributed by atoms with van der Waals surface area (Å²) in [7, 11) is 0. The van der Waals surface area contributed by atoms with Crippen LogP contribution in [0.15, 0.2) is 24.3 Å². The van der Waals surface area contributed by atoms with Gasteiger partial charge in [0.25, 0.3) is 0 Å². The lowest BCUT2D eigenvalue weighted by Crippen LogP contribution is -1.96. The third kappa shape index (κ3) is 1.75. The van der Waals surface area contributed by atoms with Gasteiger partial charge in [-0.3, -0.25) is 0 Å². The Labute approximate surface area is 88.4 Å². The summed E-state index contributed by atoms with van der Waals surface area (Å²) in [4.78, 5) is 4.32. The normalized spacial score (nSPS) is 13.4. The van der Waals surface area contributed by atoms with Crippen LogP contribution in [-0.4, -0.2) is 15.4 Å². The van der Waals surface area contributed by atoms with Crippen molar-refractivity contribution in [2.45, 2.75) is 6.10 Å². The van der Waals surface area contributed by atoms with Gasteiger partial charge in [-0.15, -0.1) is 11.3 Å². The third-order valence-electron chi connectivity index (χ3n) is 1.74. The second-order valence-corrected chi connectivity index (χ2v) is 4.40. The van der Waals surface area contributed by atoms with Gasteiger partial charge in [-0.1, -0.05) is 28.1 Å². The standard InChI is InChI=1S/C9H8BrNOS/c10-5-7(12)9-11-6-3-1-2-4-8(6)13-9/h1-4,7,12H,5H2. The molecule has 2 nitrogen and oxygen atoms in total. The molecule has 13 heavy (non-hydrogen) atoms. The third-order valence-corrected chi connectivity index (χ3v) is 3.49. The van der Waals surface area contributed by atoms with E-state index < -0.39 is 6.10 Å². The summed E-state index contributed by atoms with van der Waals surface area (Å²) in [6, 6.07) is 7.89. The predicted octanol–water partition coefficient (Wildman–Crippen LogP) is 2.72. The van der Waals surface area contributed by atoms with E-state index in [-0.39, 0.29) is 0 Å². The number of aliphatic hydroxyl groups excluding tert-OH is 1. The Morgan fingerprint density at radius 1 is 1.46 bits per heavy atom. The van der Waals surface area contributed by atoms with Crippen LogP contribution in [0.4, 0.5) is 0 Å². The summed E-state index contributed by atoms with van der Waals surface area (Å²) in [6.45, 7) is 0. The van der Waals surface area contributed by atoms with Gasteiger partial charge < -0.3 is 5.11 Å². The zero-order valence-corrected chi connectivity index (χ0v) is 9.18. The van der Waals surface area contributed by atoms with Crippen molar-refractivity contribution in [1.82, 2.24) is 4.98 Å². The zero-order chi connectivity index (χ0) is 9.26. The van der Waals surface area contributed by atoms with E-state index in [0.717, 1.165) is 15.2 Å². The highest BCUT2D eigenvalue weighted by atomic mass is 79.9. The first-order valence-electron chi connectivity index (χ1n) is 3.91. The van der Waals surface area contributed by atoms with Gasteiger partial charge >= 0.3 is 0 Å². The van der Waals surface area contributed by atoms with Crippen LogP contribution in [-0.2, 0) is 0 Å². The van der Waals surface area contributed by atoms with Gasteiger partial charge in [0.2, 0.25) is 0 Å². The lowest BCUT2D eigenvalue weighted by molar-refractivity contribution is 0.205. The van der Waals surface area contributed by atoms with Crippen LogP contribution in [0.5, 0.6) is 0 Å². The van der Waals surface area contributed by atoms with Crippen molar-refractivity contribution < 1.29 is 5.11 Å². The Hall–Kier alpha value is -0.450. The summed E-state index contributed by atoms with van der Waals surface area (Å²) in [5.74, 6) is 0. The predicted molar refractivity (Wildman–Crippen MR) is 58.4 cm³/mol. The van der Waals surface area contributed by atoms with Gasteiger partial charge in [-0.25, -0.2) is 4.98 Å². The smallest absolute Gasteiger partial charge is 0.123 e. The molecular formula is C9H8BrNOS. The van der Waals surface area contributed by atoms with Crippen molar-refractivity contribution in [3.05, 3.63) is 29.3 Å². The monoisotopic (exact) mass is 257 g/mol. The minimum atomic E-state index is -0.489. The number of aliphatic hydroxyl groups is 1. The van der Waals surface area contributed by atoms with Crippen LogP contribution in [0.3, 0.4) is 0 Å². The fourth-order valence-corrected chi connectivity index (χ4v) is 2.57. The molecule has 0 bridgehead atoms. The first-order valence-corrected chi connectivity index (χ1v) is 5.84. The number of rotatable bonds is 2. The average molecular weight is 258 g/mol. The zero-order valence-electron chi connectivity index (χ0n) is 6.77. The van der Waals surface area contributed by atoms with Crippen molar-refractivity contribution >= 4 is 37.5 Å². The Bertz CT molecular complexity index is 382. The van der Waals surface area contributed by atoms with Crippen molar-refractivity contribution in [2.24, 2.45) is 0 Å². The van der Waals surface area contributed by atoms with Crippen molar-refractivity contribution in [3.8, 4) is 0 Å². The SMILES string of the molecule is OC(CBr)c1nc2ccccc2s1. The quantitative estimate of drug-likeness (QED) is 0.840. The molecule has 0 aliphatic carbocycles. The molecule has 0 saturated carbocycles. The summed E-state index contributed by atoms with van der Waals surface area (Å²) in [5.41, 5.74) is 0.961. The molecule has 0 aliphatic heterocycles. The van der Waals surface area contributed by atoms with E-state index in [0.29, 0.717) is 5.33 Å². The molecule has 0 saturated heterocycles. The van der Waals surface area contributed by atoms with Crippen LogP contribution < -0.4 is 0 Å². The van der Waals surface area contributed by atoms with Crippen LogP contribution in [0.2, 0.25) is 0 Å². The van der Waals surface area contributed by atoms with Crippen LogP contribution in [0, 0.1) is 0 Å². The van der Waals surface area contributed by atoms with E-state index in [2.05, 4.69) is 20.9 Å². The van der Waals surface area contributed by atoms with Gasteiger partial charge in [0.1, 0.15) is 11.1 Å². The van der Waals surface area contributed by atoms with Gasteiger partial charge in [0, 0.05) is 5.33 Å². The maximum Gasteiger partial charge on any atom is 0.123 e. The Balaban J connectivity index is 2.49. The molecule has 1 unspecified atom stereocenters. The number of thiazole rings is 1. The second kappa shape index (κ2) is 3.74. The first-order chi connectivity index (χ1) is 6.31. The molecule has 1 heterocycles. The van der Waals surface area contributed by atoms with Crippen molar-refractivity contribution in [1.29, 1.82) is 0 Å². The maximum atomic E-state index is 9.53. The first kappa shape index (κ1) is 9.12. The van der Waals surface area contributed by atoms with Gasteiger partial charge in [0.15, 0.2) is 0 Å². The van der Waals surface area contributed by atoms with E-state index in [1.54, 1.807) is 0 Å². The topological polar surface area (TPSA) is 33.1 Å². The molecule has 1 aromatic carbocycles. The molecule has 0 spiro atoms. The summed E-state index contributed by atoms with van der Waals surface area (Å²) in [5, 5.41) is 10.8. The Morgan fingerprint density at radius 3 is 2.92 bits per heavy atom. The minimum Gasteiger partial charge on any atom is -0.385 e. The summed E-state index contributed by atoms with van der Waals surface area (Å²) < 4.78 is 1.12. The molecular weight excluding hydrogens is 250 g/mol. The number of aromatic nitrogens is 1. The lowest BCUT2D eigenvalue weighted by Gasteiger charge is -1.98. The highest BCUT2D eigenvalue weighted by Crippen LogP contribution is 2.26. The van der Waals surface area contributed by atoms with Crippen LogP contribution in [0.25, 0.3) is 10.2 Å². The fraction of sp³-hybridized carbons (Fsp3) is 0.222. The molecule has 0 fully saturated rings. The number of para-hydroxylation sites is 1. The highest BCUT2D eigenvalue weighted by Gasteiger charge is 2.10. The molecule has 0 amide bonds. The number of hydrogen-bond donors (Lipinski definition) is 1. The number of hydrogen-bond acceptors (Lipinski definition) is 3. The van der Waals surface area contributed by atoms with Crippen LogP contribution >= 0.6 is 27.3 Å². The van der Waals surface area contributed by atoms with E-state index in [9.17, 15) is 5.11 Å². The largest absolute Gasteiger partial charge is 0.385 e. The molecule has 4 heteroatoms. The van der Waals surface area contributed by atoms with E-state index in [1.807, 2.05) is 24.3 Å². The van der Waals surface area contributed by atoms with Gasteiger partial charge in [0.05, 0.1) is 10.2 Å². The van der Waals surface area contributed by atoms with E-state index in [4.69, 9.17) is 0 Å². The fourth-order valence-electron chi connectivity index (χ4n) is 1.10. The van der Waals surface area contributed by atoms with Crippen molar-refractivity contribution in [2.75, 3.05) is 5.33 Å². The number of alkyl halides is 1. The molecule has 2 aromatic rings. The highest BCUT2D eigenvalue weighted by molar-refractivity contribution is 9.09. The molecule has 1 N–H and O–H groups in total. The van der Waals surface area contributed by atoms with E-state index in [1.165, 1.54) is 11.3 Å². The average Bonchev–Trinajstić information content (AvgIpc) is 2.59.